The van der Waals surface area contributed by atoms with Crippen LogP contribution in [0.2, 0.25) is 0 Å². The number of carbonyl (C=O) groups excluding carboxylic acids is 1. The van der Waals surface area contributed by atoms with Crippen LogP contribution in [0.1, 0.15) is 51.0 Å². The average molecular weight is 318 g/mol. The van der Waals surface area contributed by atoms with Gasteiger partial charge in [-0.2, -0.15) is 0 Å². The number of aromatic nitrogens is 2. The van der Waals surface area contributed by atoms with Crippen molar-refractivity contribution in [2.24, 2.45) is 0 Å². The van der Waals surface area contributed by atoms with Crippen LogP contribution < -0.4 is 5.56 Å². The maximum absolute atomic E-state index is 11.9. The number of hydrogen-bond acceptors (Lipinski definition) is 4. The van der Waals surface area contributed by atoms with Gasteiger partial charge in [-0.3, -0.25) is 14.5 Å². The lowest BCUT2D eigenvalue weighted by atomic mass is 10.2. The van der Waals surface area contributed by atoms with Crippen LogP contribution in [0.4, 0.5) is 0 Å². The normalized spacial score (nSPS) is 21.6. The summed E-state index contributed by atoms with van der Waals surface area (Å²) in [6.07, 6.45) is 5.28. The van der Waals surface area contributed by atoms with Gasteiger partial charge >= 0.3 is 0 Å². The van der Waals surface area contributed by atoms with E-state index < -0.39 is 0 Å². The van der Waals surface area contributed by atoms with Gasteiger partial charge in [0.2, 0.25) is 5.91 Å². The Morgan fingerprint density at radius 2 is 2.22 bits per heavy atom. The number of nitrogens with one attached hydrogen (secondary N) is 1. The zero-order valence-electron chi connectivity index (χ0n) is 14.0. The molecule has 1 aromatic rings. The van der Waals surface area contributed by atoms with Crippen molar-refractivity contribution in [1.29, 1.82) is 0 Å². The summed E-state index contributed by atoms with van der Waals surface area (Å²) >= 11 is 0. The van der Waals surface area contributed by atoms with Gasteiger partial charge < -0.3 is 9.88 Å². The molecule has 1 atom stereocenters. The second-order valence-corrected chi connectivity index (χ2v) is 6.71. The molecule has 2 heterocycles. The van der Waals surface area contributed by atoms with Crippen LogP contribution in [0.25, 0.3) is 0 Å². The molecular weight excluding hydrogens is 292 g/mol. The molecule has 6 nitrogen and oxygen atoms in total. The summed E-state index contributed by atoms with van der Waals surface area (Å²) in [5.41, 5.74) is 0.758. The molecule has 1 aromatic heterocycles. The minimum atomic E-state index is -0.0778. The molecule has 126 valence electrons. The molecule has 0 bridgehead atoms. The van der Waals surface area contributed by atoms with E-state index in [9.17, 15) is 9.59 Å². The number of amides is 1. The number of hydrogen-bond donors (Lipinski definition) is 1. The summed E-state index contributed by atoms with van der Waals surface area (Å²) in [6, 6.07) is 2.39. The number of H-pyrrole nitrogens is 1. The number of aromatic amines is 1. The van der Waals surface area contributed by atoms with Crippen molar-refractivity contribution in [3.8, 4) is 0 Å². The predicted octanol–water partition coefficient (Wildman–Crippen LogP) is 1.31. The summed E-state index contributed by atoms with van der Waals surface area (Å²) in [7, 11) is 0. The Bertz CT molecular complexity index is 623. The quantitative estimate of drug-likeness (QED) is 0.858. The highest BCUT2D eigenvalue weighted by Gasteiger charge is 2.35. The van der Waals surface area contributed by atoms with Crippen LogP contribution in [-0.2, 0) is 17.8 Å². The predicted molar refractivity (Wildman–Crippen MR) is 88.1 cm³/mol. The summed E-state index contributed by atoms with van der Waals surface area (Å²) in [4.78, 5) is 35.3. The van der Waals surface area contributed by atoms with Gasteiger partial charge in [-0.1, -0.05) is 6.92 Å². The van der Waals surface area contributed by atoms with Gasteiger partial charge in [0.1, 0.15) is 5.82 Å². The second-order valence-electron chi connectivity index (χ2n) is 6.71. The molecule has 1 amide bonds. The first-order chi connectivity index (χ1) is 11.1. The van der Waals surface area contributed by atoms with Crippen LogP contribution in [0.3, 0.4) is 0 Å². The molecule has 1 saturated carbocycles. The largest absolute Gasteiger partial charge is 0.338 e. The van der Waals surface area contributed by atoms with Gasteiger partial charge in [-0.15, -0.1) is 0 Å². The Kier molecular flexibility index (Phi) is 4.80. The van der Waals surface area contributed by atoms with Gasteiger partial charge in [-0.25, -0.2) is 4.98 Å². The fourth-order valence-electron chi connectivity index (χ4n) is 3.47. The third-order valence-corrected chi connectivity index (χ3v) is 4.86. The fraction of sp³-hybridized carbons (Fsp3) is 0.706. The minimum Gasteiger partial charge on any atom is -0.338 e. The molecular formula is C17H26N4O2. The Balaban J connectivity index is 1.68. The van der Waals surface area contributed by atoms with E-state index in [1.165, 1.54) is 0 Å². The second kappa shape index (κ2) is 6.83. The lowest BCUT2D eigenvalue weighted by molar-refractivity contribution is -0.130. The van der Waals surface area contributed by atoms with Gasteiger partial charge in [-0.05, 0) is 38.6 Å². The lowest BCUT2D eigenvalue weighted by Gasteiger charge is -2.30. The lowest BCUT2D eigenvalue weighted by Crippen LogP contribution is -2.43. The molecule has 3 rings (SSSR count). The minimum absolute atomic E-state index is 0.0778. The first kappa shape index (κ1) is 16.2. The van der Waals surface area contributed by atoms with Crippen molar-refractivity contribution in [1.82, 2.24) is 19.8 Å². The smallest absolute Gasteiger partial charge is 0.251 e. The number of likely N-dealkylation sites (tertiary alicyclic amines) is 1. The molecule has 2 aliphatic rings. The van der Waals surface area contributed by atoms with E-state index in [2.05, 4.69) is 14.9 Å². The van der Waals surface area contributed by atoms with Crippen molar-refractivity contribution < 1.29 is 4.79 Å². The molecule has 2 fully saturated rings. The van der Waals surface area contributed by atoms with Crippen molar-refractivity contribution in [3.63, 3.8) is 0 Å². The summed E-state index contributed by atoms with van der Waals surface area (Å²) in [5, 5.41) is 0. The van der Waals surface area contributed by atoms with Crippen LogP contribution >= 0.6 is 0 Å². The Labute approximate surface area is 136 Å². The topological polar surface area (TPSA) is 69.3 Å². The number of nitrogens with zero attached hydrogens (tertiary/aromatic N) is 3. The van der Waals surface area contributed by atoms with Crippen LogP contribution in [0.5, 0.6) is 0 Å². The highest BCUT2D eigenvalue weighted by atomic mass is 16.2. The van der Waals surface area contributed by atoms with Gasteiger partial charge in [0.15, 0.2) is 0 Å². The Morgan fingerprint density at radius 1 is 1.43 bits per heavy atom. The van der Waals surface area contributed by atoms with E-state index in [-0.39, 0.29) is 11.5 Å². The maximum atomic E-state index is 11.9. The zero-order chi connectivity index (χ0) is 16.4. The van der Waals surface area contributed by atoms with Crippen LogP contribution in [-0.4, -0.2) is 50.8 Å². The standard InChI is InChI=1S/C17H26N4O2/c1-3-13-9-17(23)19-16(18-13)11-20-8-4-5-15(20)10-21(12(2)22)14-6-7-14/h9,14-15H,3-8,10-11H2,1-2H3,(H,18,19,23)/t15-/m1/s1. The van der Waals surface area contributed by atoms with Crippen molar-refractivity contribution in [2.75, 3.05) is 13.1 Å². The molecule has 1 N–H and O–H groups in total. The molecule has 0 unspecified atom stereocenters. The SMILES string of the molecule is CCc1cc(=O)[nH]c(CN2CCC[C@@H]2CN(C(C)=O)C2CC2)n1. The van der Waals surface area contributed by atoms with Crippen molar-refractivity contribution in [2.45, 2.75) is 64.6 Å². The molecule has 0 aromatic carbocycles. The Hall–Kier alpha value is -1.69. The summed E-state index contributed by atoms with van der Waals surface area (Å²) < 4.78 is 0. The van der Waals surface area contributed by atoms with Crippen molar-refractivity contribution in [3.05, 3.63) is 27.9 Å². The zero-order valence-corrected chi connectivity index (χ0v) is 14.0. The summed E-state index contributed by atoms with van der Waals surface area (Å²) in [5.74, 6) is 0.918. The fourth-order valence-corrected chi connectivity index (χ4v) is 3.47. The monoisotopic (exact) mass is 318 g/mol. The highest BCUT2D eigenvalue weighted by molar-refractivity contribution is 5.74. The maximum Gasteiger partial charge on any atom is 0.251 e. The van der Waals surface area contributed by atoms with Crippen molar-refractivity contribution >= 4 is 5.91 Å². The van der Waals surface area contributed by atoms with E-state index in [4.69, 9.17) is 0 Å². The van der Waals surface area contributed by atoms with Gasteiger partial charge in [0.25, 0.3) is 5.56 Å². The molecule has 23 heavy (non-hydrogen) atoms. The van der Waals surface area contributed by atoms with Gasteiger partial charge in [0.05, 0.1) is 6.54 Å². The third-order valence-electron chi connectivity index (χ3n) is 4.86. The van der Waals surface area contributed by atoms with E-state index in [0.29, 0.717) is 18.6 Å². The number of carbonyl (C=O) groups is 1. The van der Waals surface area contributed by atoms with E-state index in [1.807, 2.05) is 11.8 Å². The highest BCUT2D eigenvalue weighted by Crippen LogP contribution is 2.29. The number of aryl methyl sites for hydroxylation is 1. The van der Waals surface area contributed by atoms with Crippen LogP contribution in [0, 0.1) is 0 Å². The first-order valence-corrected chi connectivity index (χ1v) is 8.67. The molecule has 1 aliphatic heterocycles. The van der Waals surface area contributed by atoms with Gasteiger partial charge in [0, 0.05) is 37.3 Å². The summed E-state index contributed by atoms with van der Waals surface area (Å²) in [6.45, 7) is 6.13. The van der Waals surface area contributed by atoms with E-state index >= 15 is 0 Å². The van der Waals surface area contributed by atoms with E-state index in [1.54, 1.807) is 13.0 Å². The molecule has 1 aliphatic carbocycles. The molecule has 0 radical (unpaired) electrons. The molecule has 1 saturated heterocycles. The average Bonchev–Trinajstić information content (AvgIpc) is 3.25. The molecule has 0 spiro atoms. The third kappa shape index (κ3) is 3.99. The molecule has 6 heteroatoms. The first-order valence-electron chi connectivity index (χ1n) is 8.67. The Morgan fingerprint density at radius 3 is 2.87 bits per heavy atom. The van der Waals surface area contributed by atoms with E-state index in [0.717, 1.165) is 56.7 Å². The number of rotatable bonds is 6. The van der Waals surface area contributed by atoms with Crippen LogP contribution in [0.15, 0.2) is 10.9 Å².